The van der Waals surface area contributed by atoms with Crippen LogP contribution in [0.4, 0.5) is 0 Å². The Balaban J connectivity index is 1.60. The first-order valence-electron chi connectivity index (χ1n) is 8.46. The molecule has 140 valence electrons. The lowest BCUT2D eigenvalue weighted by Crippen LogP contribution is -2.26. The predicted molar refractivity (Wildman–Crippen MR) is 97.4 cm³/mol. The smallest absolute Gasteiger partial charge is 0.336 e. The summed E-state index contributed by atoms with van der Waals surface area (Å²) in [7, 11) is 0. The van der Waals surface area contributed by atoms with Crippen molar-refractivity contribution in [3.63, 3.8) is 0 Å². The van der Waals surface area contributed by atoms with E-state index in [2.05, 4.69) is 5.32 Å². The molecule has 0 fully saturated rings. The van der Waals surface area contributed by atoms with Crippen LogP contribution in [0, 0.1) is 13.8 Å². The van der Waals surface area contributed by atoms with Gasteiger partial charge >= 0.3 is 11.6 Å². The highest BCUT2D eigenvalue weighted by molar-refractivity contribution is 5.91. The molecule has 1 N–H and O–H groups in total. The molecule has 2 aromatic heterocycles. The Morgan fingerprint density at radius 3 is 2.74 bits per heavy atom. The van der Waals surface area contributed by atoms with Gasteiger partial charge in [-0.1, -0.05) is 12.1 Å². The van der Waals surface area contributed by atoms with Gasteiger partial charge in [0, 0.05) is 23.6 Å². The molecule has 0 aliphatic carbocycles. The van der Waals surface area contributed by atoms with Crippen LogP contribution >= 0.6 is 0 Å². The van der Waals surface area contributed by atoms with Gasteiger partial charge in [0.25, 0.3) is 5.91 Å². The Bertz CT molecular complexity index is 1030. The van der Waals surface area contributed by atoms with Crippen molar-refractivity contribution < 1.29 is 23.2 Å². The van der Waals surface area contributed by atoms with Gasteiger partial charge < -0.3 is 18.9 Å². The highest BCUT2D eigenvalue weighted by Crippen LogP contribution is 2.23. The van der Waals surface area contributed by atoms with Crippen LogP contribution in [0.3, 0.4) is 0 Å². The second-order valence-corrected chi connectivity index (χ2v) is 6.12. The van der Waals surface area contributed by atoms with Gasteiger partial charge in [0.1, 0.15) is 12.2 Å². The molecule has 0 saturated carbocycles. The number of carbonyl (C=O) groups excluding carboxylic acids is 2. The molecule has 3 rings (SSSR count). The molecule has 7 nitrogen and oxygen atoms in total. The minimum Gasteiger partial charge on any atom is -0.461 e. The molecule has 0 spiro atoms. The molecular weight excluding hydrogens is 350 g/mol. The molecule has 0 radical (unpaired) electrons. The maximum Gasteiger partial charge on any atom is 0.336 e. The van der Waals surface area contributed by atoms with E-state index in [0.717, 1.165) is 16.5 Å². The van der Waals surface area contributed by atoms with E-state index in [-0.39, 0.29) is 25.3 Å². The van der Waals surface area contributed by atoms with Crippen LogP contribution in [0.15, 0.2) is 50.2 Å². The number of rotatable bonds is 6. The quantitative estimate of drug-likeness (QED) is 0.530. The summed E-state index contributed by atoms with van der Waals surface area (Å²) in [6.07, 6.45) is 1.40. The molecule has 1 aromatic carbocycles. The van der Waals surface area contributed by atoms with Gasteiger partial charge in [0.2, 0.25) is 0 Å². The summed E-state index contributed by atoms with van der Waals surface area (Å²) < 4.78 is 15.5. The number of benzene rings is 1. The Hall–Kier alpha value is -3.35. The first-order valence-corrected chi connectivity index (χ1v) is 8.46. The third-order valence-corrected chi connectivity index (χ3v) is 4.27. The highest BCUT2D eigenvalue weighted by atomic mass is 16.5. The topological polar surface area (TPSA) is 98.7 Å². The fourth-order valence-corrected chi connectivity index (χ4v) is 2.65. The normalized spacial score (nSPS) is 10.7. The predicted octanol–water partition coefficient (Wildman–Crippen LogP) is 2.87. The lowest BCUT2D eigenvalue weighted by molar-refractivity contribution is -0.144. The molecule has 0 bridgehead atoms. The number of hydrogen-bond donors (Lipinski definition) is 1. The van der Waals surface area contributed by atoms with Gasteiger partial charge in [-0.15, -0.1) is 0 Å². The van der Waals surface area contributed by atoms with Crippen molar-refractivity contribution in [2.45, 2.75) is 26.9 Å². The largest absolute Gasteiger partial charge is 0.461 e. The monoisotopic (exact) mass is 369 g/mol. The number of esters is 1. The summed E-state index contributed by atoms with van der Waals surface area (Å²) in [5, 5.41) is 3.30. The average Bonchev–Trinajstić information content (AvgIpc) is 3.18. The van der Waals surface area contributed by atoms with Crippen molar-refractivity contribution in [1.29, 1.82) is 0 Å². The van der Waals surface area contributed by atoms with E-state index in [1.165, 1.54) is 18.4 Å². The lowest BCUT2D eigenvalue weighted by atomic mass is 10.0. The number of nitrogens with one attached hydrogen (secondary N) is 1. The number of hydrogen-bond acceptors (Lipinski definition) is 6. The summed E-state index contributed by atoms with van der Waals surface area (Å²) in [5.74, 6) is -0.707. The Morgan fingerprint density at radius 1 is 1.19 bits per heavy atom. The zero-order chi connectivity index (χ0) is 19.4. The first kappa shape index (κ1) is 18.4. The van der Waals surface area contributed by atoms with Crippen molar-refractivity contribution in [3.05, 3.63) is 69.5 Å². The molecule has 7 heteroatoms. The average molecular weight is 369 g/mol. The van der Waals surface area contributed by atoms with E-state index in [9.17, 15) is 14.4 Å². The fourth-order valence-electron chi connectivity index (χ4n) is 2.65. The van der Waals surface area contributed by atoms with Gasteiger partial charge in [-0.3, -0.25) is 9.59 Å². The number of carbonyl (C=O) groups is 2. The summed E-state index contributed by atoms with van der Waals surface area (Å²) in [5.41, 5.74) is 2.47. The van der Waals surface area contributed by atoms with Crippen molar-refractivity contribution in [1.82, 2.24) is 5.32 Å². The zero-order valence-corrected chi connectivity index (χ0v) is 15.0. The fraction of sp³-hybridized carbons (Fsp3) is 0.250. The third kappa shape index (κ3) is 4.25. The van der Waals surface area contributed by atoms with Gasteiger partial charge in [-0.05, 0) is 37.1 Å². The van der Waals surface area contributed by atoms with E-state index in [1.54, 1.807) is 6.07 Å². The second kappa shape index (κ2) is 7.90. The van der Waals surface area contributed by atoms with Crippen LogP contribution in [-0.2, 0) is 16.1 Å². The van der Waals surface area contributed by atoms with Crippen LogP contribution < -0.4 is 10.9 Å². The minimum atomic E-state index is -0.493. The Morgan fingerprint density at radius 2 is 2.00 bits per heavy atom. The van der Waals surface area contributed by atoms with E-state index in [4.69, 9.17) is 13.6 Å². The highest BCUT2D eigenvalue weighted by Gasteiger charge is 2.13. The number of furan rings is 1. The van der Waals surface area contributed by atoms with Crippen molar-refractivity contribution >= 4 is 22.8 Å². The minimum absolute atomic E-state index is 0.00393. The van der Waals surface area contributed by atoms with Crippen molar-refractivity contribution in [2.24, 2.45) is 0 Å². The van der Waals surface area contributed by atoms with E-state index >= 15 is 0 Å². The van der Waals surface area contributed by atoms with Crippen LogP contribution in [0.25, 0.3) is 11.0 Å². The summed E-state index contributed by atoms with van der Waals surface area (Å²) in [4.78, 5) is 35.4. The summed E-state index contributed by atoms with van der Waals surface area (Å²) >= 11 is 0. The molecule has 0 aliphatic heterocycles. The Labute approximate surface area is 154 Å². The maximum atomic E-state index is 11.9. The van der Waals surface area contributed by atoms with Gasteiger partial charge in [0.05, 0.1) is 12.7 Å². The van der Waals surface area contributed by atoms with E-state index in [1.807, 2.05) is 26.0 Å². The molecule has 0 unspecified atom stereocenters. The van der Waals surface area contributed by atoms with Gasteiger partial charge in [-0.25, -0.2) is 4.79 Å². The van der Waals surface area contributed by atoms with Crippen LogP contribution in [-0.4, -0.2) is 18.4 Å². The second-order valence-electron chi connectivity index (χ2n) is 6.12. The number of aryl methyl sites for hydroxylation is 2. The Kier molecular flexibility index (Phi) is 5.40. The lowest BCUT2D eigenvalue weighted by Gasteiger charge is -2.10. The molecule has 1 amide bonds. The summed E-state index contributed by atoms with van der Waals surface area (Å²) in [6.45, 7) is 3.88. The number of fused-ring (bicyclic) bond motifs is 1. The number of amides is 1. The van der Waals surface area contributed by atoms with Crippen molar-refractivity contribution in [2.75, 3.05) is 6.54 Å². The zero-order valence-electron chi connectivity index (χ0n) is 15.0. The summed E-state index contributed by atoms with van der Waals surface area (Å²) in [6, 6.07) is 8.22. The van der Waals surface area contributed by atoms with E-state index < -0.39 is 17.5 Å². The van der Waals surface area contributed by atoms with Gasteiger partial charge in [0.15, 0.2) is 5.76 Å². The van der Waals surface area contributed by atoms with Crippen LogP contribution in [0.2, 0.25) is 0 Å². The van der Waals surface area contributed by atoms with Gasteiger partial charge in [-0.2, -0.15) is 0 Å². The maximum absolute atomic E-state index is 11.9. The SMILES string of the molecule is Cc1ccc2c(COC(=O)CCNC(=O)c3ccco3)cc(=O)oc2c1C. The molecule has 27 heavy (non-hydrogen) atoms. The third-order valence-electron chi connectivity index (χ3n) is 4.27. The van der Waals surface area contributed by atoms with Crippen LogP contribution in [0.1, 0.15) is 33.7 Å². The molecule has 0 aliphatic rings. The standard InChI is InChI=1S/C20H19NO6/c1-12-5-6-15-14(10-18(23)27-19(15)13(12)2)11-26-17(22)7-8-21-20(24)16-4-3-9-25-16/h3-6,9-10H,7-8,11H2,1-2H3,(H,21,24). The molecule has 0 saturated heterocycles. The first-order chi connectivity index (χ1) is 13.0. The van der Waals surface area contributed by atoms with E-state index in [0.29, 0.717) is 11.1 Å². The van der Waals surface area contributed by atoms with Crippen molar-refractivity contribution in [3.8, 4) is 0 Å². The molecule has 2 heterocycles. The molecule has 3 aromatic rings. The molecular formula is C20H19NO6. The number of ether oxygens (including phenoxy) is 1. The molecule has 0 atom stereocenters. The van der Waals surface area contributed by atoms with Crippen LogP contribution in [0.5, 0.6) is 0 Å².